The minimum absolute atomic E-state index is 0.963. The Morgan fingerprint density at radius 1 is 0.625 bits per heavy atom. The number of hydrogen-bond donors (Lipinski definition) is 0. The average Bonchev–Trinajstić information content (AvgIpc) is 3.83. The Morgan fingerprint density at radius 3 is 2.06 bits per heavy atom. The predicted octanol–water partition coefficient (Wildman–Crippen LogP) is 13.4. The average molecular weight is 763 g/mol. The lowest BCUT2D eigenvalue weighted by atomic mass is 10.00. The molecule has 0 aliphatic carbocycles. The topological polar surface area (TPSA) is 44.2 Å². The summed E-state index contributed by atoms with van der Waals surface area (Å²) >= 11 is 6.83. The van der Waals surface area contributed by atoms with Gasteiger partial charge in [0.25, 0.3) is 0 Å². The van der Waals surface area contributed by atoms with Crippen LogP contribution >= 0.6 is 45.7 Å². The highest BCUT2D eigenvalue weighted by atomic mass is 32.1. The number of aromatic nitrogens is 2. The monoisotopic (exact) mass is 762 g/mol. The molecule has 6 rings (SSSR count). The summed E-state index contributed by atoms with van der Waals surface area (Å²) in [4.78, 5) is 6.50. The first kappa shape index (κ1) is 35.7. The number of nitrogens with zero attached hydrogens (tertiary/aromatic N) is 2. The van der Waals surface area contributed by atoms with Gasteiger partial charge in [0.2, 0.25) is 0 Å². The van der Waals surface area contributed by atoms with Gasteiger partial charge in [-0.15, -0.1) is 34.0 Å². The normalized spacial score (nSPS) is 12.7. The Labute approximate surface area is 305 Å². The van der Waals surface area contributed by atoms with Crippen LogP contribution in [0.1, 0.15) is 31.2 Å². The fraction of sp³-hybridized carbons (Fsp3) is 0.351. The molecule has 252 valence electrons. The SMILES string of the molecule is C[Si](C)(C)O[Si](C)(CCCCCCc1ccc(-c2cc(-c3cccc4nsnc34)sc2-c2ccc(-c3cccs3)s2)cc1)O[Si](C)(C)C. The zero-order valence-corrected chi connectivity index (χ0v) is 35.4. The molecule has 4 aromatic heterocycles. The van der Waals surface area contributed by atoms with Crippen LogP contribution in [-0.4, -0.2) is 33.9 Å². The third-order valence-corrected chi connectivity index (χ3v) is 21.7. The van der Waals surface area contributed by atoms with Gasteiger partial charge in [-0.25, -0.2) is 0 Å². The lowest BCUT2D eigenvalue weighted by Gasteiger charge is -2.38. The van der Waals surface area contributed by atoms with Crippen LogP contribution in [0, 0.1) is 0 Å². The van der Waals surface area contributed by atoms with Crippen molar-refractivity contribution in [3.05, 3.63) is 83.7 Å². The Morgan fingerprint density at radius 2 is 1.35 bits per heavy atom. The molecule has 0 fully saturated rings. The molecule has 0 aliphatic heterocycles. The largest absolute Gasteiger partial charge is 0.437 e. The lowest BCUT2D eigenvalue weighted by Crippen LogP contribution is -2.52. The van der Waals surface area contributed by atoms with Crippen LogP contribution < -0.4 is 0 Å². The molecule has 0 atom stereocenters. The van der Waals surface area contributed by atoms with Gasteiger partial charge >= 0.3 is 8.56 Å². The molecule has 0 unspecified atom stereocenters. The van der Waals surface area contributed by atoms with Crippen LogP contribution in [0.25, 0.3) is 52.1 Å². The van der Waals surface area contributed by atoms with Gasteiger partial charge in [0.1, 0.15) is 11.0 Å². The zero-order chi connectivity index (χ0) is 33.9. The summed E-state index contributed by atoms with van der Waals surface area (Å²) in [5, 5.41) is 2.15. The summed E-state index contributed by atoms with van der Waals surface area (Å²) in [5.74, 6) is 0. The Bertz CT molecular complexity index is 1920. The van der Waals surface area contributed by atoms with E-state index < -0.39 is 25.2 Å². The van der Waals surface area contributed by atoms with Gasteiger partial charge in [0.05, 0.1) is 16.6 Å². The lowest BCUT2D eigenvalue weighted by molar-refractivity contribution is 0.380. The van der Waals surface area contributed by atoms with Crippen LogP contribution in [0.15, 0.2) is 78.2 Å². The second-order valence-electron chi connectivity index (χ2n) is 14.6. The van der Waals surface area contributed by atoms with E-state index in [4.69, 9.17) is 8.23 Å². The van der Waals surface area contributed by atoms with Crippen LogP contribution in [0.4, 0.5) is 0 Å². The highest BCUT2D eigenvalue weighted by Crippen LogP contribution is 2.48. The van der Waals surface area contributed by atoms with Gasteiger partial charge in [0.15, 0.2) is 16.6 Å². The maximum absolute atomic E-state index is 6.71. The molecule has 4 nitrogen and oxygen atoms in total. The first-order chi connectivity index (χ1) is 22.9. The van der Waals surface area contributed by atoms with Gasteiger partial charge in [-0.2, -0.15) is 8.75 Å². The first-order valence-electron chi connectivity index (χ1n) is 16.9. The van der Waals surface area contributed by atoms with Crippen LogP contribution in [0.5, 0.6) is 0 Å². The molecule has 0 spiro atoms. The predicted molar refractivity (Wildman–Crippen MR) is 220 cm³/mol. The van der Waals surface area contributed by atoms with E-state index in [-0.39, 0.29) is 0 Å². The smallest absolute Gasteiger partial charge is 0.314 e. The maximum atomic E-state index is 6.71. The molecule has 6 aromatic rings. The van der Waals surface area contributed by atoms with E-state index >= 15 is 0 Å². The van der Waals surface area contributed by atoms with Crippen molar-refractivity contribution < 1.29 is 8.23 Å². The molecule has 0 bridgehead atoms. The first-order valence-corrected chi connectivity index (χ1v) is 29.4. The number of unbranched alkanes of at least 4 members (excludes halogenated alkanes) is 3. The molecule has 11 heteroatoms. The van der Waals surface area contributed by atoms with Crippen molar-refractivity contribution in [1.82, 2.24) is 8.75 Å². The van der Waals surface area contributed by atoms with Crippen LogP contribution in [0.2, 0.25) is 51.9 Å². The van der Waals surface area contributed by atoms with Crippen molar-refractivity contribution in [2.24, 2.45) is 0 Å². The molecule has 0 amide bonds. The maximum Gasteiger partial charge on any atom is 0.314 e. The number of benzene rings is 2. The van der Waals surface area contributed by atoms with E-state index in [1.54, 1.807) is 11.3 Å². The highest BCUT2D eigenvalue weighted by Gasteiger charge is 2.39. The fourth-order valence-corrected chi connectivity index (χ4v) is 22.7. The second kappa shape index (κ2) is 15.0. The van der Waals surface area contributed by atoms with E-state index in [9.17, 15) is 0 Å². The van der Waals surface area contributed by atoms with Crippen LogP contribution in [-0.2, 0) is 14.7 Å². The van der Waals surface area contributed by atoms with E-state index in [2.05, 4.69) is 127 Å². The number of rotatable bonds is 15. The van der Waals surface area contributed by atoms with Gasteiger partial charge < -0.3 is 8.23 Å². The summed E-state index contributed by atoms with van der Waals surface area (Å²) in [7, 11) is -5.42. The molecular formula is C37H46N2O2S4Si3. The molecule has 2 aromatic carbocycles. The molecule has 0 saturated heterocycles. The van der Waals surface area contributed by atoms with E-state index in [0.29, 0.717) is 0 Å². The van der Waals surface area contributed by atoms with Crippen molar-refractivity contribution in [2.75, 3.05) is 0 Å². The molecule has 0 aliphatic rings. The van der Waals surface area contributed by atoms with Gasteiger partial charge in [-0.05, 0) is 112 Å². The number of aryl methyl sites for hydroxylation is 1. The standard InChI is InChI=1S/C37H46N2O2S4Si3/c1-46(2,3)40-48(7,41-47(4,5)6)25-11-9-8-10-14-27-18-20-28(21-19-27)30-26-35(29-15-12-16-31-36(29)39-45-38-31)44-37(30)34-23-22-33(43-34)32-17-13-24-42-32/h12-13,15-24,26H,8-11,14,25H2,1-7H3. The van der Waals surface area contributed by atoms with Crippen molar-refractivity contribution in [1.29, 1.82) is 0 Å². The van der Waals surface area contributed by atoms with E-state index in [0.717, 1.165) is 29.1 Å². The minimum Gasteiger partial charge on any atom is -0.437 e. The molecule has 0 radical (unpaired) electrons. The zero-order valence-electron chi connectivity index (χ0n) is 29.1. The van der Waals surface area contributed by atoms with Crippen molar-refractivity contribution in [3.8, 4) is 41.1 Å². The quantitative estimate of drug-likeness (QED) is 0.0772. The second-order valence-corrected chi connectivity index (χ2v) is 31.1. The number of hydrogen-bond acceptors (Lipinski definition) is 8. The Hall–Kier alpha value is -2.07. The molecule has 4 heterocycles. The number of thiophene rings is 3. The van der Waals surface area contributed by atoms with Gasteiger partial charge in [-0.3, -0.25) is 0 Å². The molecule has 0 saturated carbocycles. The summed E-state index contributed by atoms with van der Waals surface area (Å²) in [6, 6.07) is 28.0. The molecule has 48 heavy (non-hydrogen) atoms. The fourth-order valence-electron chi connectivity index (χ4n) is 6.34. The van der Waals surface area contributed by atoms with E-state index in [1.165, 1.54) is 78.5 Å². The summed E-state index contributed by atoms with van der Waals surface area (Å²) in [6.45, 7) is 16.1. The van der Waals surface area contributed by atoms with E-state index in [1.807, 2.05) is 28.7 Å². The third kappa shape index (κ3) is 9.18. The van der Waals surface area contributed by atoms with Crippen molar-refractivity contribution in [3.63, 3.8) is 0 Å². The molecule has 0 N–H and O–H groups in total. The summed E-state index contributed by atoms with van der Waals surface area (Å²) < 4.78 is 22.6. The summed E-state index contributed by atoms with van der Waals surface area (Å²) in [5.41, 5.74) is 7.07. The van der Waals surface area contributed by atoms with Gasteiger partial charge in [0, 0.05) is 30.6 Å². The highest BCUT2D eigenvalue weighted by molar-refractivity contribution is 7.27. The van der Waals surface area contributed by atoms with Crippen molar-refractivity contribution in [2.45, 2.75) is 84.0 Å². The Kier molecular flexibility index (Phi) is 11.2. The Balaban J connectivity index is 1.14. The van der Waals surface area contributed by atoms with Gasteiger partial charge in [-0.1, -0.05) is 61.7 Å². The summed E-state index contributed by atoms with van der Waals surface area (Å²) in [6.07, 6.45) is 6.00. The van der Waals surface area contributed by atoms with Crippen molar-refractivity contribution >= 4 is 82.0 Å². The third-order valence-electron chi connectivity index (χ3n) is 8.03. The number of fused-ring (bicyclic) bond motifs is 1. The minimum atomic E-state index is -2.14. The van der Waals surface area contributed by atoms with Crippen LogP contribution in [0.3, 0.4) is 0 Å². The molecular weight excluding hydrogens is 717 g/mol.